The molecule has 0 radical (unpaired) electrons. The van der Waals surface area contributed by atoms with Crippen molar-refractivity contribution in [3.63, 3.8) is 0 Å². The van der Waals surface area contributed by atoms with E-state index in [-0.39, 0.29) is 11.7 Å². The second kappa shape index (κ2) is 9.76. The van der Waals surface area contributed by atoms with Crippen LogP contribution in [-0.4, -0.2) is 26.5 Å². The van der Waals surface area contributed by atoms with Gasteiger partial charge in [-0.25, -0.2) is 4.98 Å². The number of furan rings is 1. The van der Waals surface area contributed by atoms with Gasteiger partial charge in [0.15, 0.2) is 5.76 Å². The van der Waals surface area contributed by atoms with Crippen LogP contribution in [0.1, 0.15) is 30.8 Å². The van der Waals surface area contributed by atoms with Crippen molar-refractivity contribution in [1.82, 2.24) is 14.2 Å². The van der Waals surface area contributed by atoms with Gasteiger partial charge in [-0.15, -0.1) is 0 Å². The lowest BCUT2D eigenvalue weighted by Crippen LogP contribution is -2.20. The molecule has 0 saturated heterocycles. The van der Waals surface area contributed by atoms with Crippen molar-refractivity contribution in [2.24, 2.45) is 5.10 Å². The fraction of sp³-hybridized carbons (Fsp3) is 0.156. The Labute approximate surface area is 225 Å². The molecule has 0 atom stereocenters. The van der Waals surface area contributed by atoms with Gasteiger partial charge in [-0.3, -0.25) is 4.79 Å². The minimum Gasteiger partial charge on any atom is -0.491 e. The first kappa shape index (κ1) is 24.4. The first-order chi connectivity index (χ1) is 18.9. The maximum absolute atomic E-state index is 13.6. The van der Waals surface area contributed by atoms with E-state index in [1.807, 2.05) is 100 Å². The summed E-state index contributed by atoms with van der Waals surface area (Å²) in [4.78, 5) is 18.4. The van der Waals surface area contributed by atoms with E-state index in [9.17, 15) is 4.79 Å². The van der Waals surface area contributed by atoms with Crippen LogP contribution in [0.5, 0.6) is 5.75 Å². The number of nitrogens with zero attached hydrogens (tertiary/aromatic N) is 4. The van der Waals surface area contributed by atoms with Crippen molar-refractivity contribution < 1.29 is 9.15 Å². The molecule has 0 spiro atoms. The summed E-state index contributed by atoms with van der Waals surface area (Å²) in [5.41, 5.74) is 5.01. The fourth-order valence-corrected chi connectivity index (χ4v) is 4.86. The highest BCUT2D eigenvalue weighted by Crippen LogP contribution is 2.27. The third kappa shape index (κ3) is 4.52. The van der Waals surface area contributed by atoms with Crippen LogP contribution in [0.2, 0.25) is 0 Å². The topological polar surface area (TPSA) is 74.5 Å². The molecule has 0 fully saturated rings. The highest BCUT2D eigenvalue weighted by molar-refractivity contribution is 5.85. The van der Waals surface area contributed by atoms with Gasteiger partial charge in [-0.1, -0.05) is 30.3 Å². The SMILES string of the molecule is Cc1cc(C=Nn2c(-c3cc4ccccc4o3)nc3ccccc3c2=O)c(C)n1-c1ccc(OC(C)C)cc1. The van der Waals surface area contributed by atoms with Gasteiger partial charge in [0.2, 0.25) is 5.82 Å². The minimum absolute atomic E-state index is 0.117. The van der Waals surface area contributed by atoms with E-state index in [0.717, 1.165) is 39.4 Å². The Morgan fingerprint density at radius 2 is 1.69 bits per heavy atom. The number of fused-ring (bicyclic) bond motifs is 2. The minimum atomic E-state index is -0.262. The molecule has 0 bridgehead atoms. The molecule has 7 heteroatoms. The molecule has 0 saturated carbocycles. The van der Waals surface area contributed by atoms with Gasteiger partial charge in [0.25, 0.3) is 5.56 Å². The van der Waals surface area contributed by atoms with Gasteiger partial charge in [0.1, 0.15) is 11.3 Å². The lowest BCUT2D eigenvalue weighted by atomic mass is 10.2. The molecule has 7 nitrogen and oxygen atoms in total. The van der Waals surface area contributed by atoms with E-state index in [0.29, 0.717) is 22.5 Å². The number of aryl methyl sites for hydroxylation is 1. The molecule has 0 aliphatic carbocycles. The number of ether oxygens (including phenoxy) is 1. The third-order valence-electron chi connectivity index (χ3n) is 6.65. The van der Waals surface area contributed by atoms with Crippen LogP contribution in [0.3, 0.4) is 0 Å². The molecule has 39 heavy (non-hydrogen) atoms. The molecule has 0 aliphatic rings. The molecule has 6 aromatic rings. The zero-order valence-electron chi connectivity index (χ0n) is 22.3. The van der Waals surface area contributed by atoms with Gasteiger partial charge in [0.05, 0.1) is 23.2 Å². The Hall–Kier alpha value is -4.91. The van der Waals surface area contributed by atoms with Crippen molar-refractivity contribution in [2.75, 3.05) is 0 Å². The normalized spacial score (nSPS) is 11.8. The second-order valence-corrected chi connectivity index (χ2v) is 9.78. The van der Waals surface area contributed by atoms with Crippen molar-refractivity contribution in [2.45, 2.75) is 33.8 Å². The number of aromatic nitrogens is 3. The third-order valence-corrected chi connectivity index (χ3v) is 6.65. The van der Waals surface area contributed by atoms with E-state index in [1.54, 1.807) is 12.3 Å². The zero-order chi connectivity index (χ0) is 27.1. The number of rotatable bonds is 6. The smallest absolute Gasteiger partial charge is 0.282 e. The number of benzene rings is 3. The molecular formula is C32H28N4O3. The van der Waals surface area contributed by atoms with Crippen molar-refractivity contribution >= 4 is 28.1 Å². The zero-order valence-corrected chi connectivity index (χ0v) is 22.3. The number of hydrogen-bond acceptors (Lipinski definition) is 5. The molecule has 0 N–H and O–H groups in total. The maximum Gasteiger partial charge on any atom is 0.282 e. The molecule has 194 valence electrons. The summed E-state index contributed by atoms with van der Waals surface area (Å²) < 4.78 is 15.3. The average Bonchev–Trinajstić information content (AvgIpc) is 3.48. The highest BCUT2D eigenvalue weighted by atomic mass is 16.5. The Morgan fingerprint density at radius 3 is 2.46 bits per heavy atom. The molecule has 0 unspecified atom stereocenters. The van der Waals surface area contributed by atoms with Gasteiger partial charge >= 0.3 is 0 Å². The first-order valence-corrected chi connectivity index (χ1v) is 12.9. The molecule has 3 heterocycles. The molecular weight excluding hydrogens is 488 g/mol. The lowest BCUT2D eigenvalue weighted by Gasteiger charge is -2.13. The average molecular weight is 517 g/mol. The summed E-state index contributed by atoms with van der Waals surface area (Å²) in [6.45, 7) is 8.10. The van der Waals surface area contributed by atoms with E-state index >= 15 is 0 Å². The van der Waals surface area contributed by atoms with Gasteiger partial charge in [-0.05, 0) is 82.3 Å². The van der Waals surface area contributed by atoms with Crippen molar-refractivity contribution in [3.05, 3.63) is 112 Å². The predicted octanol–water partition coefficient (Wildman–Crippen LogP) is 6.89. The van der Waals surface area contributed by atoms with Crippen LogP contribution in [0.15, 0.2) is 99.2 Å². The standard InChI is InChI=1S/C32H28N4O3/c1-20(2)38-26-15-13-25(14-16-26)35-21(3)17-24(22(35)4)19-33-36-31(30-18-23-9-5-8-12-29(23)39-30)34-28-11-7-6-10-27(28)32(36)37/h5-20H,1-4H3. The summed E-state index contributed by atoms with van der Waals surface area (Å²) in [7, 11) is 0. The number of hydrogen-bond donors (Lipinski definition) is 0. The molecule has 3 aromatic carbocycles. The molecule has 0 amide bonds. The van der Waals surface area contributed by atoms with Crippen LogP contribution in [0, 0.1) is 13.8 Å². The van der Waals surface area contributed by atoms with Crippen LogP contribution in [-0.2, 0) is 0 Å². The second-order valence-electron chi connectivity index (χ2n) is 9.78. The van der Waals surface area contributed by atoms with Gasteiger partial charge in [-0.2, -0.15) is 9.78 Å². The van der Waals surface area contributed by atoms with E-state index < -0.39 is 0 Å². The van der Waals surface area contributed by atoms with Crippen molar-refractivity contribution in [1.29, 1.82) is 0 Å². The maximum atomic E-state index is 13.6. The summed E-state index contributed by atoms with van der Waals surface area (Å²) in [6.07, 6.45) is 1.82. The van der Waals surface area contributed by atoms with Crippen LogP contribution < -0.4 is 10.3 Å². The Morgan fingerprint density at radius 1 is 0.949 bits per heavy atom. The molecule has 3 aromatic heterocycles. The highest BCUT2D eigenvalue weighted by Gasteiger charge is 2.17. The summed E-state index contributed by atoms with van der Waals surface area (Å²) in [6, 6.07) is 26.9. The van der Waals surface area contributed by atoms with Gasteiger partial charge < -0.3 is 13.7 Å². The lowest BCUT2D eigenvalue weighted by molar-refractivity contribution is 0.242. The molecule has 0 aliphatic heterocycles. The van der Waals surface area contributed by atoms with E-state index in [1.165, 1.54) is 4.68 Å². The van der Waals surface area contributed by atoms with Crippen molar-refractivity contribution in [3.8, 4) is 23.0 Å². The quantitative estimate of drug-likeness (QED) is 0.226. The Bertz CT molecular complexity index is 1870. The largest absolute Gasteiger partial charge is 0.491 e. The van der Waals surface area contributed by atoms with Crippen LogP contribution in [0.4, 0.5) is 0 Å². The summed E-state index contributed by atoms with van der Waals surface area (Å²) >= 11 is 0. The Kier molecular flexibility index (Phi) is 6.11. The van der Waals surface area contributed by atoms with Crippen LogP contribution >= 0.6 is 0 Å². The monoisotopic (exact) mass is 516 g/mol. The Balaban J connectivity index is 1.44. The molecule has 6 rings (SSSR count). The van der Waals surface area contributed by atoms with E-state index in [4.69, 9.17) is 14.1 Å². The number of para-hydroxylation sites is 2. The van der Waals surface area contributed by atoms with E-state index in [2.05, 4.69) is 15.7 Å². The summed E-state index contributed by atoms with van der Waals surface area (Å²) in [5, 5.41) is 6.07. The fourth-order valence-electron chi connectivity index (χ4n) is 4.86. The predicted molar refractivity (Wildman–Crippen MR) is 155 cm³/mol. The van der Waals surface area contributed by atoms with Gasteiger partial charge in [0, 0.05) is 28.0 Å². The van der Waals surface area contributed by atoms with Crippen LogP contribution in [0.25, 0.3) is 39.1 Å². The first-order valence-electron chi connectivity index (χ1n) is 12.9. The summed E-state index contributed by atoms with van der Waals surface area (Å²) in [5.74, 6) is 1.66.